The Balaban J connectivity index is 0.000000240. The van der Waals surface area contributed by atoms with E-state index in [4.69, 9.17) is 37.8 Å². The zero-order valence-corrected chi connectivity index (χ0v) is 28.1. The first-order valence-corrected chi connectivity index (χ1v) is 15.3. The number of rotatable bonds is 10. The maximum Gasteiger partial charge on any atom is 0.420 e. The fraction of sp³-hybridized carbons (Fsp3) is 0.300. The van der Waals surface area contributed by atoms with Crippen LogP contribution in [-0.4, -0.2) is 80.3 Å². The van der Waals surface area contributed by atoms with E-state index in [2.05, 4.69) is 35.3 Å². The molecule has 0 spiro atoms. The maximum atomic E-state index is 13.6. The molecule has 0 unspecified atom stereocenters. The molecule has 0 aliphatic heterocycles. The Kier molecular flexibility index (Phi) is 10.8. The van der Waals surface area contributed by atoms with Crippen molar-refractivity contribution in [3.63, 3.8) is 0 Å². The second-order valence-corrected chi connectivity index (χ2v) is 11.5. The average Bonchev–Trinajstić information content (AvgIpc) is 3.82. The van der Waals surface area contributed by atoms with Crippen LogP contribution in [0.1, 0.15) is 64.5 Å². The van der Waals surface area contributed by atoms with Crippen LogP contribution < -0.4 is 0 Å². The number of carbonyl (C=O) groups excluding carboxylic acids is 1. The smallest absolute Gasteiger partial charge is 0.420 e. The van der Waals surface area contributed by atoms with Crippen molar-refractivity contribution >= 4 is 46.2 Å². The third-order valence-electron chi connectivity index (χ3n) is 7.39. The number of aromatic nitrogens is 10. The summed E-state index contributed by atoms with van der Waals surface area (Å²) in [5.74, 6) is -1.88. The van der Waals surface area contributed by atoms with E-state index in [1.807, 2.05) is 0 Å². The van der Waals surface area contributed by atoms with Gasteiger partial charge in [0.1, 0.15) is 16.9 Å². The summed E-state index contributed by atoms with van der Waals surface area (Å²) in [6.45, 7) is 3.51. The Bertz CT molecular complexity index is 2170. The number of Topliss-reactive ketones (excluding diaryl/α,β-unsaturated/α-hetero) is 1. The molecular weight excluding hydrogens is 708 g/mol. The van der Waals surface area contributed by atoms with Crippen molar-refractivity contribution in [2.75, 3.05) is 14.2 Å². The van der Waals surface area contributed by atoms with Crippen LogP contribution in [0, 0.1) is 0 Å². The summed E-state index contributed by atoms with van der Waals surface area (Å²) in [5, 5.41) is 25.2. The van der Waals surface area contributed by atoms with Gasteiger partial charge in [-0.1, -0.05) is 23.2 Å². The zero-order valence-electron chi connectivity index (χ0n) is 26.6. The number of carboxylic acid groups (broad SMARTS) is 1. The van der Waals surface area contributed by atoms with Crippen molar-refractivity contribution < 1.29 is 37.3 Å². The number of halogens is 5. The number of nitrogens with zero attached hydrogens (tertiary/aromatic N) is 10. The molecular formula is C30H27Cl2F3N10O5. The lowest BCUT2D eigenvalue weighted by Crippen LogP contribution is -2.17. The Labute approximate surface area is 290 Å². The van der Waals surface area contributed by atoms with Crippen molar-refractivity contribution in [3.8, 4) is 5.82 Å². The fourth-order valence-electron chi connectivity index (χ4n) is 5.02. The molecule has 0 fully saturated rings. The van der Waals surface area contributed by atoms with Crippen LogP contribution >= 0.6 is 23.2 Å². The highest BCUT2D eigenvalue weighted by molar-refractivity contribution is 6.30. The fourth-order valence-corrected chi connectivity index (χ4v) is 5.37. The van der Waals surface area contributed by atoms with Gasteiger partial charge >= 0.3 is 12.1 Å². The van der Waals surface area contributed by atoms with Gasteiger partial charge in [0.25, 0.3) is 0 Å². The van der Waals surface area contributed by atoms with Crippen LogP contribution in [0.3, 0.4) is 0 Å². The number of aromatic carboxylic acids is 1. The van der Waals surface area contributed by atoms with Gasteiger partial charge in [-0.3, -0.25) is 4.79 Å². The van der Waals surface area contributed by atoms with E-state index in [0.29, 0.717) is 28.2 Å². The van der Waals surface area contributed by atoms with Crippen molar-refractivity contribution in [3.05, 3.63) is 93.1 Å². The van der Waals surface area contributed by atoms with Gasteiger partial charge in [-0.25, -0.2) is 28.8 Å². The van der Waals surface area contributed by atoms with E-state index in [0.717, 1.165) is 10.9 Å². The van der Waals surface area contributed by atoms with Crippen LogP contribution in [0.25, 0.3) is 17.1 Å². The molecule has 15 nitrogen and oxygen atoms in total. The normalized spacial score (nSPS) is 12.9. The molecule has 0 saturated carbocycles. The zero-order chi connectivity index (χ0) is 36.3. The summed E-state index contributed by atoms with van der Waals surface area (Å²) in [6, 6.07) is 4.01. The first kappa shape index (κ1) is 36.2. The Morgan fingerprint density at radius 1 is 0.840 bits per heavy atom. The number of fused-ring (bicyclic) bond motifs is 2. The second kappa shape index (κ2) is 14.8. The first-order valence-electron chi connectivity index (χ1n) is 14.5. The molecule has 0 aliphatic rings. The van der Waals surface area contributed by atoms with Gasteiger partial charge < -0.3 is 14.6 Å². The van der Waals surface area contributed by atoms with E-state index in [1.165, 1.54) is 54.2 Å². The number of ketones is 1. The number of alkyl halides is 3. The monoisotopic (exact) mass is 734 g/mol. The summed E-state index contributed by atoms with van der Waals surface area (Å²) in [7, 11) is 3.00. The predicted molar refractivity (Wildman–Crippen MR) is 170 cm³/mol. The molecule has 6 heterocycles. The minimum Gasteiger partial charge on any atom is -0.478 e. The molecule has 50 heavy (non-hydrogen) atoms. The maximum absolute atomic E-state index is 13.6. The first-order chi connectivity index (χ1) is 23.7. The molecule has 0 aliphatic carbocycles. The lowest BCUT2D eigenvalue weighted by molar-refractivity contribution is -0.138. The highest BCUT2D eigenvalue weighted by atomic mass is 35.5. The number of hydrogen-bond donors (Lipinski definition) is 1. The third kappa shape index (κ3) is 7.72. The highest BCUT2D eigenvalue weighted by Gasteiger charge is 2.36. The number of carboxylic acids is 1. The van der Waals surface area contributed by atoms with Gasteiger partial charge in [-0.15, -0.1) is 4.80 Å². The molecule has 1 N–H and O–H groups in total. The second-order valence-electron chi connectivity index (χ2n) is 10.7. The lowest BCUT2D eigenvalue weighted by Gasteiger charge is -2.16. The van der Waals surface area contributed by atoms with Gasteiger partial charge in [0.2, 0.25) is 0 Å². The van der Waals surface area contributed by atoms with Gasteiger partial charge in [-0.2, -0.15) is 33.6 Å². The van der Waals surface area contributed by atoms with E-state index < -0.39 is 35.7 Å². The molecule has 0 aromatic carbocycles. The Morgan fingerprint density at radius 2 is 1.40 bits per heavy atom. The summed E-state index contributed by atoms with van der Waals surface area (Å²) in [4.78, 5) is 36.8. The molecule has 262 valence electrons. The van der Waals surface area contributed by atoms with Gasteiger partial charge in [-0.05, 0) is 25.5 Å². The quantitative estimate of drug-likeness (QED) is 0.194. The largest absolute Gasteiger partial charge is 0.478 e. The number of carbonyl (C=O) groups is 2. The SMILES string of the molecule is CO[C@@H](C)c1c(C(=O)O)cnc2cc(Cl)nn12.CO[C@@H](C)c1c(CC(=O)Cc2cnc(-n3nccn3)c(C(F)(F)F)c2)cnc2cc(Cl)nn12. The Hall–Kier alpha value is -5.04. The molecule has 2 atom stereocenters. The molecule has 6 aromatic rings. The molecule has 0 radical (unpaired) electrons. The van der Waals surface area contributed by atoms with E-state index in [-0.39, 0.29) is 40.1 Å². The minimum atomic E-state index is -4.70. The van der Waals surface area contributed by atoms with Crippen LogP contribution in [-0.2, 0) is 33.3 Å². The molecule has 0 bridgehead atoms. The van der Waals surface area contributed by atoms with Crippen LogP contribution in [0.4, 0.5) is 13.2 Å². The van der Waals surface area contributed by atoms with Crippen LogP contribution in [0.5, 0.6) is 0 Å². The summed E-state index contributed by atoms with van der Waals surface area (Å²) < 4.78 is 54.2. The standard InChI is InChI=1S/C20H17ClF3N7O2.C10H10ClN3O3/c1-11(33-2)18-13(10-25-17-8-16(21)29-30(17)18)7-14(32)5-12-6-15(20(22,23)24)19(26-9-12)31-27-3-4-28-31;1-5(17-2)9-6(10(15)16)4-12-8-3-7(11)13-14(8)9/h3-4,6,8-11H,5,7H2,1-2H3;3-5H,1-2H3,(H,15,16)/t11-;5-/m00/s1. The van der Waals surface area contributed by atoms with Crippen LogP contribution in [0.2, 0.25) is 10.3 Å². The third-order valence-corrected chi connectivity index (χ3v) is 7.76. The van der Waals surface area contributed by atoms with Crippen LogP contribution in [0.15, 0.2) is 49.2 Å². The number of methoxy groups -OCH3 is 2. The summed E-state index contributed by atoms with van der Waals surface area (Å²) in [5.41, 5.74) is 1.62. The molecule has 0 saturated heterocycles. The van der Waals surface area contributed by atoms with Gasteiger partial charge in [0.15, 0.2) is 27.4 Å². The Morgan fingerprint density at radius 3 is 1.96 bits per heavy atom. The van der Waals surface area contributed by atoms with Gasteiger partial charge in [0.05, 0.1) is 36.0 Å². The van der Waals surface area contributed by atoms with Crippen molar-refractivity contribution in [1.82, 2.24) is 49.2 Å². The number of pyridine rings is 1. The van der Waals surface area contributed by atoms with Crippen molar-refractivity contribution in [2.45, 2.75) is 45.1 Å². The summed E-state index contributed by atoms with van der Waals surface area (Å²) in [6.07, 6.45) is 0.572. The van der Waals surface area contributed by atoms with E-state index >= 15 is 0 Å². The van der Waals surface area contributed by atoms with Gasteiger partial charge in [0, 0.05) is 63.3 Å². The summed E-state index contributed by atoms with van der Waals surface area (Å²) >= 11 is 11.8. The van der Waals surface area contributed by atoms with E-state index in [1.54, 1.807) is 26.0 Å². The van der Waals surface area contributed by atoms with Crippen molar-refractivity contribution in [1.29, 1.82) is 0 Å². The molecule has 20 heteroatoms. The van der Waals surface area contributed by atoms with Crippen molar-refractivity contribution in [2.24, 2.45) is 0 Å². The topological polar surface area (TPSA) is 177 Å². The number of hydrogen-bond acceptors (Lipinski definition) is 11. The highest BCUT2D eigenvalue weighted by Crippen LogP contribution is 2.33. The molecule has 6 aromatic heterocycles. The minimum absolute atomic E-state index is 0.0478. The number of ether oxygens (including phenoxy) is 2. The average molecular weight is 736 g/mol. The van der Waals surface area contributed by atoms with E-state index in [9.17, 15) is 22.8 Å². The molecule has 6 rings (SSSR count). The molecule has 0 amide bonds. The lowest BCUT2D eigenvalue weighted by atomic mass is 10.0. The predicted octanol–water partition coefficient (Wildman–Crippen LogP) is 5.23.